The highest BCUT2D eigenvalue weighted by atomic mass is 31.2. The summed E-state index contributed by atoms with van der Waals surface area (Å²) in [5.74, 6) is -0.192. The molecule has 0 saturated heterocycles. The van der Waals surface area contributed by atoms with Crippen LogP contribution in [0.5, 0.6) is 0 Å². The van der Waals surface area contributed by atoms with Crippen LogP contribution in [-0.4, -0.2) is 73.4 Å². The largest absolute Gasteiger partial charge is 0.472 e. The van der Waals surface area contributed by atoms with Gasteiger partial charge < -0.3 is 19.8 Å². The molecule has 1 amide bonds. The Bertz CT molecular complexity index is 1130. The number of phosphoric acid groups is 1. The van der Waals surface area contributed by atoms with Crippen LogP contribution < -0.4 is 5.32 Å². The second kappa shape index (κ2) is 43.7. The molecule has 61 heavy (non-hydrogen) atoms. The van der Waals surface area contributed by atoms with Crippen molar-refractivity contribution >= 4 is 13.7 Å². The summed E-state index contributed by atoms with van der Waals surface area (Å²) in [6.07, 6.45) is 56.3. The molecule has 0 rings (SSSR count). The van der Waals surface area contributed by atoms with Gasteiger partial charge in [0.25, 0.3) is 0 Å². The first-order valence-electron chi connectivity index (χ1n) is 25.5. The van der Waals surface area contributed by atoms with Gasteiger partial charge in [-0.15, -0.1) is 0 Å². The Kier molecular flexibility index (Phi) is 42.6. The van der Waals surface area contributed by atoms with Gasteiger partial charge in [0.05, 0.1) is 39.9 Å². The molecule has 3 atom stereocenters. The lowest BCUT2D eigenvalue weighted by atomic mass is 10.1. The lowest BCUT2D eigenvalue weighted by molar-refractivity contribution is -0.870. The van der Waals surface area contributed by atoms with Crippen molar-refractivity contribution in [2.24, 2.45) is 0 Å². The Morgan fingerprint density at radius 1 is 0.557 bits per heavy atom. The number of hydrogen-bond donors (Lipinski definition) is 3. The number of nitrogens with one attached hydrogen (secondary N) is 1. The molecule has 9 heteroatoms. The highest BCUT2D eigenvalue weighted by Crippen LogP contribution is 2.43. The Morgan fingerprint density at radius 2 is 0.951 bits per heavy atom. The first-order valence-corrected chi connectivity index (χ1v) is 27.0. The Morgan fingerprint density at radius 3 is 1.41 bits per heavy atom. The predicted molar refractivity (Wildman–Crippen MR) is 263 cm³/mol. The summed E-state index contributed by atoms with van der Waals surface area (Å²) in [7, 11) is 1.55. The zero-order valence-corrected chi connectivity index (χ0v) is 41.5. The fraction of sp³-hybridized carbons (Fsp3) is 0.827. The summed E-state index contributed by atoms with van der Waals surface area (Å²) in [5, 5.41) is 13.8. The monoisotopic (exact) mass is 880 g/mol. The summed E-state index contributed by atoms with van der Waals surface area (Å²) in [5.41, 5.74) is 0. The number of amides is 1. The SMILES string of the molecule is CCCCCCCCCC/C=C/CC/C=C/C(O)C(COP(=O)(O)OCC[N+](C)(C)C)NC(=O)CCCCCCCCCCC/C=C\C/C=C\CCCCCCCCCCC. The van der Waals surface area contributed by atoms with E-state index in [1.54, 1.807) is 6.08 Å². The molecule has 8 nitrogen and oxygen atoms in total. The molecule has 0 heterocycles. The molecule has 0 aliphatic carbocycles. The minimum Gasteiger partial charge on any atom is -0.387 e. The van der Waals surface area contributed by atoms with E-state index < -0.39 is 20.0 Å². The summed E-state index contributed by atoms with van der Waals surface area (Å²) in [6.45, 7) is 4.79. The molecule has 3 unspecified atom stereocenters. The lowest BCUT2D eigenvalue weighted by Gasteiger charge is -2.25. The van der Waals surface area contributed by atoms with Gasteiger partial charge in [-0.2, -0.15) is 0 Å². The van der Waals surface area contributed by atoms with E-state index in [4.69, 9.17) is 9.05 Å². The molecule has 0 aromatic rings. The molecule has 0 aromatic carbocycles. The standard InChI is InChI=1S/C52H99N2O6P/c1-6-8-10-12-14-16-18-20-22-23-24-25-26-27-28-29-30-31-32-34-36-38-40-42-44-46-52(56)53-50(49-60-61(57,58)59-48-47-54(3,4)5)51(55)45-43-41-39-37-35-33-21-19-17-15-13-11-9-7-2/h24-25,27-28,35,37,43,45,50-51,55H,6-23,26,29-34,36,38-42,44,46-49H2,1-5H3,(H-,53,56,57,58)/p+1/b25-24-,28-27-,37-35+,45-43+. The zero-order valence-electron chi connectivity index (χ0n) is 40.7. The predicted octanol–water partition coefficient (Wildman–Crippen LogP) is 14.8. The molecule has 0 aliphatic heterocycles. The van der Waals surface area contributed by atoms with Gasteiger partial charge in [0.2, 0.25) is 5.91 Å². The fourth-order valence-electron chi connectivity index (χ4n) is 7.21. The second-order valence-corrected chi connectivity index (χ2v) is 20.0. The third-order valence-electron chi connectivity index (χ3n) is 11.3. The summed E-state index contributed by atoms with van der Waals surface area (Å²) in [4.78, 5) is 23.2. The maximum absolute atomic E-state index is 12.9. The molecule has 0 spiro atoms. The van der Waals surface area contributed by atoms with Gasteiger partial charge in [-0.05, 0) is 64.2 Å². The van der Waals surface area contributed by atoms with Gasteiger partial charge in [-0.25, -0.2) is 4.57 Å². The molecule has 3 N–H and O–H groups in total. The van der Waals surface area contributed by atoms with Gasteiger partial charge in [0, 0.05) is 6.42 Å². The van der Waals surface area contributed by atoms with Gasteiger partial charge in [0.1, 0.15) is 13.2 Å². The van der Waals surface area contributed by atoms with Gasteiger partial charge in [-0.1, -0.05) is 204 Å². The number of quaternary nitrogens is 1. The van der Waals surface area contributed by atoms with Crippen molar-refractivity contribution in [3.63, 3.8) is 0 Å². The second-order valence-electron chi connectivity index (χ2n) is 18.5. The van der Waals surface area contributed by atoms with Crippen molar-refractivity contribution in [1.29, 1.82) is 0 Å². The number of aliphatic hydroxyl groups excluding tert-OH is 1. The average molecular weight is 880 g/mol. The number of phosphoric ester groups is 1. The van der Waals surface area contributed by atoms with Crippen LogP contribution in [0.4, 0.5) is 0 Å². The topological polar surface area (TPSA) is 105 Å². The molecular formula is C52H100N2O6P+. The van der Waals surface area contributed by atoms with Crippen LogP contribution in [0.1, 0.15) is 226 Å². The molecular weight excluding hydrogens is 780 g/mol. The number of carbonyl (C=O) groups excluding carboxylic acids is 1. The minimum absolute atomic E-state index is 0.0542. The minimum atomic E-state index is -4.35. The summed E-state index contributed by atoms with van der Waals surface area (Å²) < 4.78 is 23.6. The van der Waals surface area contributed by atoms with Crippen LogP contribution in [0.2, 0.25) is 0 Å². The number of allylic oxidation sites excluding steroid dienone is 7. The lowest BCUT2D eigenvalue weighted by Crippen LogP contribution is -2.45. The van der Waals surface area contributed by atoms with Gasteiger partial charge >= 0.3 is 7.82 Å². The van der Waals surface area contributed by atoms with Crippen molar-refractivity contribution in [1.82, 2.24) is 5.32 Å². The number of carbonyl (C=O) groups is 1. The molecule has 0 saturated carbocycles. The molecule has 0 aromatic heterocycles. The molecule has 0 aliphatic rings. The Labute approximate surface area is 378 Å². The smallest absolute Gasteiger partial charge is 0.387 e. The number of aliphatic hydroxyl groups is 1. The highest BCUT2D eigenvalue weighted by Gasteiger charge is 2.27. The maximum atomic E-state index is 12.9. The molecule has 0 fully saturated rings. The maximum Gasteiger partial charge on any atom is 0.472 e. The van der Waals surface area contributed by atoms with Gasteiger partial charge in [0.15, 0.2) is 0 Å². The summed E-state index contributed by atoms with van der Waals surface area (Å²) >= 11 is 0. The van der Waals surface area contributed by atoms with Crippen LogP contribution in [0.3, 0.4) is 0 Å². The van der Waals surface area contributed by atoms with Crippen LogP contribution in [0.25, 0.3) is 0 Å². The van der Waals surface area contributed by atoms with Crippen molar-refractivity contribution in [2.75, 3.05) is 40.9 Å². The van der Waals surface area contributed by atoms with Gasteiger partial charge in [-0.3, -0.25) is 13.8 Å². The van der Waals surface area contributed by atoms with E-state index in [2.05, 4.69) is 55.6 Å². The van der Waals surface area contributed by atoms with Crippen LogP contribution in [-0.2, 0) is 18.4 Å². The molecule has 0 radical (unpaired) electrons. The quantitative estimate of drug-likeness (QED) is 0.0243. The van der Waals surface area contributed by atoms with Crippen molar-refractivity contribution in [2.45, 2.75) is 238 Å². The van der Waals surface area contributed by atoms with Crippen LogP contribution in [0.15, 0.2) is 48.6 Å². The van der Waals surface area contributed by atoms with Crippen molar-refractivity contribution in [3.8, 4) is 0 Å². The summed E-state index contributed by atoms with van der Waals surface area (Å²) in [6, 6.07) is -0.865. The van der Waals surface area contributed by atoms with Crippen molar-refractivity contribution in [3.05, 3.63) is 48.6 Å². The zero-order chi connectivity index (χ0) is 45.0. The normalized spacial score (nSPS) is 14.5. The van der Waals surface area contributed by atoms with Crippen LogP contribution >= 0.6 is 7.82 Å². The number of unbranched alkanes of at least 4 members (excludes halogenated alkanes) is 27. The van der Waals surface area contributed by atoms with E-state index in [9.17, 15) is 19.4 Å². The van der Waals surface area contributed by atoms with E-state index in [-0.39, 0.29) is 19.1 Å². The number of nitrogens with zero attached hydrogens (tertiary/aromatic N) is 1. The molecule has 0 bridgehead atoms. The average Bonchev–Trinajstić information content (AvgIpc) is 3.21. The fourth-order valence-corrected chi connectivity index (χ4v) is 7.94. The van der Waals surface area contributed by atoms with E-state index in [1.165, 1.54) is 161 Å². The number of hydrogen-bond acceptors (Lipinski definition) is 5. The van der Waals surface area contributed by atoms with E-state index in [0.29, 0.717) is 17.4 Å². The number of rotatable bonds is 46. The third kappa shape index (κ3) is 46.3. The van der Waals surface area contributed by atoms with Crippen LogP contribution in [0, 0.1) is 0 Å². The Balaban J connectivity index is 4.28. The Hall–Kier alpha value is -1.54. The first-order chi connectivity index (χ1) is 29.5. The van der Waals surface area contributed by atoms with E-state index in [0.717, 1.165) is 44.9 Å². The van der Waals surface area contributed by atoms with E-state index in [1.807, 2.05) is 27.2 Å². The number of likely N-dealkylation sites (N-methyl/N-ethyl adjacent to an activating group) is 1. The first kappa shape index (κ1) is 59.5. The third-order valence-corrected chi connectivity index (χ3v) is 12.3. The molecule has 358 valence electrons. The highest BCUT2D eigenvalue weighted by molar-refractivity contribution is 7.47. The van der Waals surface area contributed by atoms with E-state index >= 15 is 0 Å². The van der Waals surface area contributed by atoms with Crippen molar-refractivity contribution < 1.29 is 32.9 Å².